The van der Waals surface area contributed by atoms with Gasteiger partial charge in [-0.25, -0.2) is 0 Å². The van der Waals surface area contributed by atoms with Crippen LogP contribution in [-0.2, 0) is 0 Å². The van der Waals surface area contributed by atoms with E-state index in [9.17, 15) is 4.91 Å². The van der Waals surface area contributed by atoms with Crippen molar-refractivity contribution in [1.82, 2.24) is 0 Å². The van der Waals surface area contributed by atoms with E-state index >= 15 is 0 Å². The van der Waals surface area contributed by atoms with E-state index in [1.807, 2.05) is 0 Å². The summed E-state index contributed by atoms with van der Waals surface area (Å²) in [5, 5.41) is 2.82. The molecule has 0 heterocycles. The van der Waals surface area contributed by atoms with Crippen LogP contribution in [0.15, 0.2) is 5.18 Å². The number of hydrogen-bond acceptors (Lipinski definition) is 3. The summed E-state index contributed by atoms with van der Waals surface area (Å²) in [7, 11) is 0. The van der Waals surface area contributed by atoms with Crippen molar-refractivity contribution in [3.63, 3.8) is 0 Å². The Morgan fingerprint density at radius 1 is 1.75 bits per heavy atom. The molecule has 0 aromatic heterocycles. The Morgan fingerprint density at radius 2 is 2.38 bits per heavy atom. The first kappa shape index (κ1) is 7.56. The lowest BCUT2D eigenvalue weighted by atomic mass is 10.2. The van der Waals surface area contributed by atoms with Crippen LogP contribution in [-0.4, -0.2) is 12.6 Å². The van der Waals surface area contributed by atoms with Gasteiger partial charge in [-0.1, -0.05) is 5.18 Å². The zero-order valence-electron chi connectivity index (χ0n) is 5.13. The highest BCUT2D eigenvalue weighted by atomic mass is 16.3. The van der Waals surface area contributed by atoms with Gasteiger partial charge < -0.3 is 5.73 Å². The molecule has 0 saturated carbocycles. The molecule has 0 aliphatic carbocycles. The predicted octanol–water partition coefficient (Wildman–Crippen LogP) is 0.880. The van der Waals surface area contributed by atoms with Crippen LogP contribution in [0.2, 0.25) is 0 Å². The monoisotopic (exact) mass is 116 g/mol. The van der Waals surface area contributed by atoms with E-state index in [0.29, 0.717) is 6.54 Å². The Hall–Kier alpha value is -0.440. The molecule has 0 fully saturated rings. The number of rotatable bonds is 4. The molecular weight excluding hydrogens is 104 g/mol. The molecule has 3 nitrogen and oxygen atoms in total. The molecule has 0 amide bonds. The Labute approximate surface area is 49.2 Å². The molecule has 0 radical (unpaired) electrons. The second-order valence-corrected chi connectivity index (χ2v) is 1.89. The maximum absolute atomic E-state index is 9.72. The Bertz CT molecular complexity index is 65.4. The lowest BCUT2D eigenvalue weighted by Crippen LogP contribution is -2.03. The van der Waals surface area contributed by atoms with Crippen molar-refractivity contribution in [1.29, 1.82) is 0 Å². The molecule has 0 aromatic carbocycles. The van der Waals surface area contributed by atoms with E-state index in [-0.39, 0.29) is 6.04 Å². The molecule has 0 unspecified atom stereocenters. The summed E-state index contributed by atoms with van der Waals surface area (Å²) < 4.78 is 0. The van der Waals surface area contributed by atoms with Crippen LogP contribution in [0.3, 0.4) is 0 Å². The second kappa shape index (κ2) is 4.71. The Balaban J connectivity index is 2.98. The Morgan fingerprint density at radius 3 is 2.75 bits per heavy atom. The normalized spacial score (nSPS) is 13.2. The van der Waals surface area contributed by atoms with Gasteiger partial charge in [0.1, 0.15) is 0 Å². The van der Waals surface area contributed by atoms with Crippen LogP contribution in [0.4, 0.5) is 0 Å². The van der Waals surface area contributed by atoms with Crippen molar-refractivity contribution < 1.29 is 0 Å². The maximum Gasteiger partial charge on any atom is 0.0892 e. The lowest BCUT2D eigenvalue weighted by Gasteiger charge is -1.96. The molecule has 0 spiro atoms. The predicted molar refractivity (Wildman–Crippen MR) is 33.5 cm³/mol. The quantitative estimate of drug-likeness (QED) is 0.554. The van der Waals surface area contributed by atoms with Gasteiger partial charge in [-0.3, -0.25) is 0 Å². The highest BCUT2D eigenvalue weighted by molar-refractivity contribution is 4.57. The molecule has 48 valence electrons. The first-order valence-corrected chi connectivity index (χ1v) is 2.83. The molecule has 3 heteroatoms. The average molecular weight is 116 g/mol. The smallest absolute Gasteiger partial charge is 0.0892 e. The second-order valence-electron chi connectivity index (χ2n) is 1.89. The highest BCUT2D eigenvalue weighted by Gasteiger charge is 1.96. The Kier molecular flexibility index (Phi) is 4.45. The summed E-state index contributed by atoms with van der Waals surface area (Å²) in [6.07, 6.45) is 1.72. The fourth-order valence-electron chi connectivity index (χ4n) is 0.466. The van der Waals surface area contributed by atoms with E-state index in [1.165, 1.54) is 0 Å². The SMILES string of the molecule is C[C@@H](CCCN)N=O. The maximum atomic E-state index is 9.72. The van der Waals surface area contributed by atoms with Crippen molar-refractivity contribution in [3.05, 3.63) is 4.91 Å². The van der Waals surface area contributed by atoms with Crippen molar-refractivity contribution in [2.45, 2.75) is 25.8 Å². The van der Waals surface area contributed by atoms with E-state index in [0.717, 1.165) is 12.8 Å². The fourth-order valence-corrected chi connectivity index (χ4v) is 0.466. The number of hydrogen-bond donors (Lipinski definition) is 1. The third kappa shape index (κ3) is 3.74. The first-order valence-electron chi connectivity index (χ1n) is 2.83. The minimum Gasteiger partial charge on any atom is -0.330 e. The van der Waals surface area contributed by atoms with Crippen molar-refractivity contribution in [2.24, 2.45) is 10.9 Å². The van der Waals surface area contributed by atoms with E-state index in [2.05, 4.69) is 5.18 Å². The number of nitrogens with zero attached hydrogens (tertiary/aromatic N) is 1. The summed E-state index contributed by atoms with van der Waals surface area (Å²) in [4.78, 5) is 9.72. The topological polar surface area (TPSA) is 55.4 Å². The number of nitroso groups, excluding NO2 is 1. The molecule has 2 N–H and O–H groups in total. The largest absolute Gasteiger partial charge is 0.330 e. The minimum absolute atomic E-state index is 0.0569. The molecule has 8 heavy (non-hydrogen) atoms. The molecule has 0 aliphatic rings. The third-order valence-electron chi connectivity index (χ3n) is 1.01. The molecule has 0 aliphatic heterocycles. The fraction of sp³-hybridized carbons (Fsp3) is 1.00. The van der Waals surface area contributed by atoms with Gasteiger partial charge in [0.15, 0.2) is 0 Å². The van der Waals surface area contributed by atoms with Crippen LogP contribution in [0, 0.1) is 4.91 Å². The van der Waals surface area contributed by atoms with Crippen LogP contribution < -0.4 is 5.73 Å². The zero-order valence-corrected chi connectivity index (χ0v) is 5.13. The van der Waals surface area contributed by atoms with Gasteiger partial charge >= 0.3 is 0 Å². The van der Waals surface area contributed by atoms with Crippen molar-refractivity contribution >= 4 is 0 Å². The summed E-state index contributed by atoms with van der Waals surface area (Å²) in [5.41, 5.74) is 5.19. The summed E-state index contributed by atoms with van der Waals surface area (Å²) in [6.45, 7) is 2.45. The van der Waals surface area contributed by atoms with Gasteiger partial charge in [-0.15, -0.1) is 0 Å². The van der Waals surface area contributed by atoms with Gasteiger partial charge in [0.25, 0.3) is 0 Å². The standard InChI is InChI=1S/C5H12N2O/c1-5(7-8)3-2-4-6/h5H,2-4,6H2,1H3/t5-/m0/s1. The van der Waals surface area contributed by atoms with Gasteiger partial charge in [-0.05, 0) is 26.3 Å². The minimum atomic E-state index is -0.0569. The van der Waals surface area contributed by atoms with Crippen LogP contribution >= 0.6 is 0 Å². The van der Waals surface area contributed by atoms with Gasteiger partial charge in [-0.2, -0.15) is 4.91 Å². The molecule has 0 aromatic rings. The van der Waals surface area contributed by atoms with E-state index in [1.54, 1.807) is 6.92 Å². The highest BCUT2D eigenvalue weighted by Crippen LogP contribution is 1.97. The third-order valence-corrected chi connectivity index (χ3v) is 1.01. The summed E-state index contributed by atoms with van der Waals surface area (Å²) >= 11 is 0. The zero-order chi connectivity index (χ0) is 6.41. The van der Waals surface area contributed by atoms with E-state index in [4.69, 9.17) is 5.73 Å². The van der Waals surface area contributed by atoms with Crippen LogP contribution in [0.1, 0.15) is 19.8 Å². The van der Waals surface area contributed by atoms with E-state index < -0.39 is 0 Å². The molecule has 0 rings (SSSR count). The van der Waals surface area contributed by atoms with Gasteiger partial charge in [0.2, 0.25) is 0 Å². The van der Waals surface area contributed by atoms with Gasteiger partial charge in [0, 0.05) is 0 Å². The summed E-state index contributed by atoms with van der Waals surface area (Å²) in [5.74, 6) is 0. The molecular formula is C5H12N2O. The van der Waals surface area contributed by atoms with Crippen LogP contribution in [0.25, 0.3) is 0 Å². The summed E-state index contributed by atoms with van der Waals surface area (Å²) in [6, 6.07) is -0.0569. The number of nitrogens with two attached hydrogens (primary N) is 1. The van der Waals surface area contributed by atoms with Gasteiger partial charge in [0.05, 0.1) is 6.04 Å². The average Bonchev–Trinajstić information content (AvgIpc) is 1.83. The van der Waals surface area contributed by atoms with Crippen LogP contribution in [0.5, 0.6) is 0 Å². The van der Waals surface area contributed by atoms with Crippen molar-refractivity contribution in [3.8, 4) is 0 Å². The molecule has 0 saturated heterocycles. The first-order chi connectivity index (χ1) is 3.81. The van der Waals surface area contributed by atoms with Crippen molar-refractivity contribution in [2.75, 3.05) is 6.54 Å². The lowest BCUT2D eigenvalue weighted by molar-refractivity contribution is 0.629. The molecule has 1 atom stereocenters. The molecule has 0 bridgehead atoms.